The van der Waals surface area contributed by atoms with Crippen molar-refractivity contribution in [2.45, 2.75) is 46.1 Å². The minimum absolute atomic E-state index is 0.0860. The van der Waals surface area contributed by atoms with Crippen molar-refractivity contribution in [3.8, 4) is 11.1 Å². The summed E-state index contributed by atoms with van der Waals surface area (Å²) >= 11 is 0. The topological polar surface area (TPSA) is 84.3 Å². The first kappa shape index (κ1) is 20.3. The average Bonchev–Trinajstić information content (AvgIpc) is 3.45. The highest BCUT2D eigenvalue weighted by Gasteiger charge is 2.41. The maximum Gasteiger partial charge on any atom is 0.241 e. The number of nitrogens with zero attached hydrogens (tertiary/aromatic N) is 3. The number of amides is 2. The number of carbonyl (C=O) groups excluding carboxylic acids is 3. The smallest absolute Gasteiger partial charge is 0.241 e. The highest BCUT2D eigenvalue weighted by molar-refractivity contribution is 6.00. The van der Waals surface area contributed by atoms with Gasteiger partial charge in [0.05, 0.1) is 6.20 Å². The summed E-state index contributed by atoms with van der Waals surface area (Å²) in [6, 6.07) is 5.94. The van der Waals surface area contributed by atoms with Crippen LogP contribution < -0.4 is 10.2 Å². The van der Waals surface area contributed by atoms with Gasteiger partial charge in [-0.1, -0.05) is 19.1 Å². The molecule has 2 aliphatic rings. The Morgan fingerprint density at radius 3 is 2.63 bits per heavy atom. The Labute approximate surface area is 176 Å². The average molecular weight is 409 g/mol. The summed E-state index contributed by atoms with van der Waals surface area (Å²) in [5.74, 6) is 0.208. The molecule has 158 valence electrons. The molecule has 2 amide bonds. The molecule has 2 atom stereocenters. The quantitative estimate of drug-likeness (QED) is 0.797. The Morgan fingerprint density at radius 2 is 1.97 bits per heavy atom. The lowest BCUT2D eigenvalue weighted by atomic mass is 9.79. The molecule has 2 heterocycles. The van der Waals surface area contributed by atoms with E-state index in [2.05, 4.69) is 10.4 Å². The van der Waals surface area contributed by atoms with Gasteiger partial charge in [-0.25, -0.2) is 0 Å². The monoisotopic (exact) mass is 408 g/mol. The summed E-state index contributed by atoms with van der Waals surface area (Å²) < 4.78 is 1.60. The summed E-state index contributed by atoms with van der Waals surface area (Å²) in [5.41, 5.74) is 3.55. The molecule has 7 heteroatoms. The molecule has 1 aliphatic heterocycles. The van der Waals surface area contributed by atoms with E-state index in [0.717, 1.165) is 35.2 Å². The van der Waals surface area contributed by atoms with Crippen molar-refractivity contribution in [1.82, 2.24) is 15.1 Å². The van der Waals surface area contributed by atoms with Gasteiger partial charge in [-0.15, -0.1) is 0 Å². The zero-order valence-corrected chi connectivity index (χ0v) is 17.7. The van der Waals surface area contributed by atoms with Gasteiger partial charge in [0.1, 0.15) is 12.3 Å². The lowest BCUT2D eigenvalue weighted by Crippen LogP contribution is -2.43. The van der Waals surface area contributed by atoms with Gasteiger partial charge in [0.2, 0.25) is 11.8 Å². The lowest BCUT2D eigenvalue weighted by Gasteiger charge is -2.38. The van der Waals surface area contributed by atoms with Crippen molar-refractivity contribution in [2.75, 3.05) is 18.0 Å². The molecular formula is C23H28N4O3. The Kier molecular flexibility index (Phi) is 5.45. The maximum atomic E-state index is 13.0. The van der Waals surface area contributed by atoms with Crippen LogP contribution in [-0.2, 0) is 20.9 Å². The first-order chi connectivity index (χ1) is 14.4. The van der Waals surface area contributed by atoms with Crippen LogP contribution in [0.1, 0.15) is 45.1 Å². The van der Waals surface area contributed by atoms with Crippen molar-refractivity contribution in [1.29, 1.82) is 0 Å². The fourth-order valence-corrected chi connectivity index (χ4v) is 4.40. The first-order valence-corrected chi connectivity index (χ1v) is 10.6. The number of aromatic nitrogens is 2. The van der Waals surface area contributed by atoms with Gasteiger partial charge in [0.15, 0.2) is 0 Å². The van der Waals surface area contributed by atoms with Crippen LogP contribution in [0.3, 0.4) is 0 Å². The molecular weight excluding hydrogens is 380 g/mol. The van der Waals surface area contributed by atoms with Crippen molar-refractivity contribution < 1.29 is 14.4 Å². The second-order valence-electron chi connectivity index (χ2n) is 8.44. The zero-order valence-electron chi connectivity index (χ0n) is 17.7. The highest BCUT2D eigenvalue weighted by Crippen LogP contribution is 2.43. The number of hydrogen-bond acceptors (Lipinski definition) is 4. The molecule has 1 N–H and O–H groups in total. The van der Waals surface area contributed by atoms with Gasteiger partial charge in [-0.3, -0.25) is 19.1 Å². The number of nitrogens with one attached hydrogen (secondary N) is 1. The van der Waals surface area contributed by atoms with E-state index in [4.69, 9.17) is 0 Å². The lowest BCUT2D eigenvalue weighted by molar-refractivity contribution is -0.122. The second-order valence-corrected chi connectivity index (χ2v) is 8.44. The SMILES string of the molecule is CCNC(=O)Cn1cc(-c2ccc3c(c2)N(C(=O)C2CC2)C[C@H](C)C3C(C)=O)cn1. The van der Waals surface area contributed by atoms with E-state index in [1.165, 1.54) is 0 Å². The van der Waals surface area contributed by atoms with E-state index in [1.54, 1.807) is 17.8 Å². The standard InChI is InChI=1S/C23H28N4O3/c1-4-24-21(29)13-26-12-18(10-25-26)17-7-8-19-20(9-17)27(23(30)16-5-6-16)11-14(2)22(19)15(3)28/h7-10,12,14,16,22H,4-6,11,13H2,1-3H3,(H,24,29)/t14-,22?/m0/s1. The molecule has 1 saturated carbocycles. The molecule has 1 fully saturated rings. The van der Waals surface area contributed by atoms with E-state index < -0.39 is 0 Å². The molecule has 2 aromatic rings. The molecule has 0 radical (unpaired) electrons. The molecule has 4 rings (SSSR count). The minimum atomic E-state index is -0.197. The maximum absolute atomic E-state index is 13.0. The number of fused-ring (bicyclic) bond motifs is 1. The molecule has 0 bridgehead atoms. The van der Waals surface area contributed by atoms with Crippen molar-refractivity contribution >= 4 is 23.3 Å². The van der Waals surface area contributed by atoms with E-state index in [9.17, 15) is 14.4 Å². The van der Waals surface area contributed by atoms with Crippen LogP contribution in [0.25, 0.3) is 11.1 Å². The van der Waals surface area contributed by atoms with Gasteiger partial charge in [-0.2, -0.15) is 5.10 Å². The highest BCUT2D eigenvalue weighted by atomic mass is 16.2. The summed E-state index contributed by atoms with van der Waals surface area (Å²) in [6.07, 6.45) is 5.45. The third kappa shape index (κ3) is 3.88. The summed E-state index contributed by atoms with van der Waals surface area (Å²) in [4.78, 5) is 39.0. The Hall–Kier alpha value is -2.96. The Bertz CT molecular complexity index is 992. The summed E-state index contributed by atoms with van der Waals surface area (Å²) in [7, 11) is 0. The fourth-order valence-electron chi connectivity index (χ4n) is 4.40. The molecule has 7 nitrogen and oxygen atoms in total. The van der Waals surface area contributed by atoms with Crippen molar-refractivity contribution in [3.63, 3.8) is 0 Å². The third-order valence-corrected chi connectivity index (χ3v) is 5.97. The molecule has 1 aromatic heterocycles. The van der Waals surface area contributed by atoms with Crippen molar-refractivity contribution in [3.05, 3.63) is 36.2 Å². The van der Waals surface area contributed by atoms with Gasteiger partial charge < -0.3 is 10.2 Å². The van der Waals surface area contributed by atoms with Gasteiger partial charge >= 0.3 is 0 Å². The van der Waals surface area contributed by atoms with Crippen molar-refractivity contribution in [2.24, 2.45) is 11.8 Å². The van der Waals surface area contributed by atoms with Crippen LogP contribution in [0.2, 0.25) is 0 Å². The van der Waals surface area contributed by atoms with E-state index >= 15 is 0 Å². The van der Waals surface area contributed by atoms with E-state index in [0.29, 0.717) is 13.1 Å². The number of likely N-dealkylation sites (N-methyl/N-ethyl adjacent to an activating group) is 1. The predicted molar refractivity (Wildman–Crippen MR) is 114 cm³/mol. The largest absolute Gasteiger partial charge is 0.355 e. The number of anilines is 1. The third-order valence-electron chi connectivity index (χ3n) is 5.97. The number of Topliss-reactive ketones (excluding diaryl/α,β-unsaturated/α-hetero) is 1. The normalized spacial score (nSPS) is 20.6. The molecule has 1 unspecified atom stereocenters. The van der Waals surface area contributed by atoms with Crippen LogP contribution in [0.4, 0.5) is 5.69 Å². The number of carbonyl (C=O) groups is 3. The van der Waals surface area contributed by atoms with Crippen LogP contribution in [0.5, 0.6) is 0 Å². The molecule has 1 aromatic carbocycles. The number of rotatable bonds is 6. The number of hydrogen-bond donors (Lipinski definition) is 1. The van der Waals surface area contributed by atoms with Gasteiger partial charge in [0.25, 0.3) is 0 Å². The van der Waals surface area contributed by atoms with Crippen LogP contribution in [0, 0.1) is 11.8 Å². The minimum Gasteiger partial charge on any atom is -0.355 e. The fraction of sp³-hybridized carbons (Fsp3) is 0.478. The molecule has 0 spiro atoms. The Balaban J connectivity index is 1.68. The summed E-state index contributed by atoms with van der Waals surface area (Å²) in [6.45, 7) is 6.85. The number of benzene rings is 1. The predicted octanol–water partition coefficient (Wildman–Crippen LogP) is 2.75. The van der Waals surface area contributed by atoms with Crippen LogP contribution in [0.15, 0.2) is 30.6 Å². The van der Waals surface area contributed by atoms with Crippen LogP contribution >= 0.6 is 0 Å². The molecule has 30 heavy (non-hydrogen) atoms. The molecule has 1 aliphatic carbocycles. The van der Waals surface area contributed by atoms with Gasteiger partial charge in [0, 0.05) is 42.4 Å². The van der Waals surface area contributed by atoms with Gasteiger partial charge in [-0.05, 0) is 49.8 Å². The second kappa shape index (κ2) is 8.05. The zero-order chi connectivity index (χ0) is 21.4. The van der Waals surface area contributed by atoms with E-state index in [1.807, 2.05) is 43.1 Å². The van der Waals surface area contributed by atoms with E-state index in [-0.39, 0.29) is 41.9 Å². The van der Waals surface area contributed by atoms with Crippen LogP contribution in [-0.4, -0.2) is 40.5 Å². The summed E-state index contributed by atoms with van der Waals surface area (Å²) in [5, 5.41) is 7.06. The Morgan fingerprint density at radius 1 is 1.20 bits per heavy atom. The number of ketones is 1. The molecule has 0 saturated heterocycles. The first-order valence-electron chi connectivity index (χ1n) is 10.6.